The molecule has 1 saturated heterocycles. The summed E-state index contributed by atoms with van der Waals surface area (Å²) < 4.78 is 14.1. The smallest absolute Gasteiger partial charge is 0.184 e. The number of ether oxygens (including phenoxy) is 2. The number of unbranched alkanes of at least 4 members (excludes halogenated alkanes) is 8. The van der Waals surface area contributed by atoms with Crippen molar-refractivity contribution in [3.8, 4) is 0 Å². The first-order valence-corrected chi connectivity index (χ1v) is 10.6. The summed E-state index contributed by atoms with van der Waals surface area (Å²) in [4.78, 5) is 0. The normalized spacial score (nSPS) is 20.7. The molecule has 142 valence electrons. The monoisotopic (exact) mass is 348 g/mol. The van der Waals surface area contributed by atoms with E-state index in [4.69, 9.17) is 9.47 Å². The lowest BCUT2D eigenvalue weighted by Crippen LogP contribution is -2.32. The molecule has 1 aromatic heterocycles. The molecule has 0 aromatic carbocycles. The van der Waals surface area contributed by atoms with Crippen molar-refractivity contribution in [2.24, 2.45) is 5.92 Å². The van der Waals surface area contributed by atoms with E-state index in [0.29, 0.717) is 5.92 Å². The summed E-state index contributed by atoms with van der Waals surface area (Å²) in [6.45, 7) is 7.09. The molecule has 1 aromatic rings. The minimum Gasteiger partial charge on any atom is -0.348 e. The molecule has 0 N–H and O–H groups in total. The molecular formula is C22H38NO2+. The molecule has 1 aliphatic rings. The van der Waals surface area contributed by atoms with Crippen LogP contribution >= 0.6 is 0 Å². The summed E-state index contributed by atoms with van der Waals surface area (Å²) >= 11 is 0. The van der Waals surface area contributed by atoms with Crippen molar-refractivity contribution >= 4 is 0 Å². The first-order valence-electron chi connectivity index (χ1n) is 10.6. The summed E-state index contributed by atoms with van der Waals surface area (Å²) in [5.41, 5.74) is 1.13. The van der Waals surface area contributed by atoms with Gasteiger partial charge in [-0.1, -0.05) is 64.7 Å². The van der Waals surface area contributed by atoms with Gasteiger partial charge >= 0.3 is 0 Å². The second-order valence-electron chi connectivity index (χ2n) is 7.44. The van der Waals surface area contributed by atoms with Gasteiger partial charge in [-0.2, -0.15) is 0 Å². The second-order valence-corrected chi connectivity index (χ2v) is 7.44. The maximum Gasteiger partial charge on any atom is 0.184 e. The fourth-order valence-corrected chi connectivity index (χ4v) is 3.48. The average molecular weight is 349 g/mol. The number of rotatable bonds is 12. The van der Waals surface area contributed by atoms with Crippen LogP contribution in [-0.2, 0) is 16.0 Å². The average Bonchev–Trinajstić information content (AvgIpc) is 2.67. The standard InChI is InChI=1S/C22H38NO2/c1-3-5-6-7-8-9-10-11-12-13-20-18-24-22(25-19-20)21-14-16-23(4-2)17-15-21/h14-17,20,22H,3-13,18-19H2,1-2H3/q+1. The summed E-state index contributed by atoms with van der Waals surface area (Å²) in [5, 5.41) is 0. The zero-order valence-electron chi connectivity index (χ0n) is 16.4. The molecular weight excluding hydrogens is 310 g/mol. The Bertz CT molecular complexity index is 438. The fourth-order valence-electron chi connectivity index (χ4n) is 3.48. The van der Waals surface area contributed by atoms with Crippen molar-refractivity contribution < 1.29 is 14.0 Å². The van der Waals surface area contributed by atoms with Gasteiger partial charge in [0, 0.05) is 23.6 Å². The highest BCUT2D eigenvalue weighted by Crippen LogP contribution is 2.26. The van der Waals surface area contributed by atoms with Crippen molar-refractivity contribution in [2.75, 3.05) is 13.2 Å². The summed E-state index contributed by atoms with van der Waals surface area (Å²) in [7, 11) is 0. The van der Waals surface area contributed by atoms with Crippen molar-refractivity contribution in [3.05, 3.63) is 30.1 Å². The van der Waals surface area contributed by atoms with Gasteiger partial charge in [-0.15, -0.1) is 0 Å². The van der Waals surface area contributed by atoms with Crippen molar-refractivity contribution in [3.63, 3.8) is 0 Å². The van der Waals surface area contributed by atoms with Crippen LogP contribution in [0.15, 0.2) is 24.5 Å². The highest BCUT2D eigenvalue weighted by Gasteiger charge is 2.23. The molecule has 2 heterocycles. The van der Waals surface area contributed by atoms with E-state index in [2.05, 4.69) is 42.9 Å². The Balaban J connectivity index is 1.50. The lowest BCUT2D eigenvalue weighted by Gasteiger charge is -2.29. The molecule has 0 atom stereocenters. The van der Waals surface area contributed by atoms with E-state index in [-0.39, 0.29) is 6.29 Å². The SMILES string of the molecule is CCCCCCCCCCCC1COC(c2cc[n+](CC)cc2)OC1. The molecule has 0 bridgehead atoms. The minimum atomic E-state index is -0.175. The largest absolute Gasteiger partial charge is 0.348 e. The third kappa shape index (κ3) is 7.87. The number of nitrogens with zero attached hydrogens (tertiary/aromatic N) is 1. The Hall–Kier alpha value is -0.930. The van der Waals surface area contributed by atoms with Gasteiger partial charge in [0.05, 0.1) is 13.2 Å². The fraction of sp³-hybridized carbons (Fsp3) is 0.773. The van der Waals surface area contributed by atoms with Crippen LogP contribution in [-0.4, -0.2) is 13.2 Å². The third-order valence-corrected chi connectivity index (χ3v) is 5.24. The first kappa shape index (κ1) is 20.4. The molecule has 0 unspecified atom stereocenters. The van der Waals surface area contributed by atoms with Gasteiger partial charge in [-0.25, -0.2) is 4.57 Å². The first-order chi connectivity index (χ1) is 12.3. The summed E-state index contributed by atoms with van der Waals surface area (Å²) in [5.74, 6) is 0.574. The molecule has 0 saturated carbocycles. The van der Waals surface area contributed by atoms with Gasteiger partial charge in [0.2, 0.25) is 0 Å². The minimum absolute atomic E-state index is 0.175. The number of hydrogen-bond acceptors (Lipinski definition) is 2. The van der Waals surface area contributed by atoms with Crippen LogP contribution in [0.4, 0.5) is 0 Å². The second kappa shape index (κ2) is 12.4. The summed E-state index contributed by atoms with van der Waals surface area (Å²) in [6, 6.07) is 4.21. The van der Waals surface area contributed by atoms with E-state index in [0.717, 1.165) is 25.3 Å². The van der Waals surface area contributed by atoms with Crippen LogP contribution in [0, 0.1) is 5.92 Å². The lowest BCUT2D eigenvalue weighted by atomic mass is 10.0. The van der Waals surface area contributed by atoms with Gasteiger partial charge in [0.1, 0.15) is 6.54 Å². The van der Waals surface area contributed by atoms with E-state index >= 15 is 0 Å². The molecule has 3 nitrogen and oxygen atoms in total. The highest BCUT2D eigenvalue weighted by molar-refractivity contribution is 5.09. The predicted molar refractivity (Wildman–Crippen MR) is 102 cm³/mol. The molecule has 3 heteroatoms. The number of aryl methyl sites for hydroxylation is 1. The zero-order valence-corrected chi connectivity index (χ0v) is 16.4. The molecule has 0 amide bonds. The molecule has 0 radical (unpaired) electrons. The van der Waals surface area contributed by atoms with Gasteiger partial charge in [-0.3, -0.25) is 0 Å². The van der Waals surface area contributed by atoms with E-state index in [9.17, 15) is 0 Å². The van der Waals surface area contributed by atoms with Crippen molar-refractivity contribution in [1.82, 2.24) is 0 Å². The Morgan fingerprint density at radius 3 is 1.96 bits per heavy atom. The number of pyridine rings is 1. The summed E-state index contributed by atoms with van der Waals surface area (Å²) in [6.07, 6.45) is 17.8. The highest BCUT2D eigenvalue weighted by atomic mass is 16.7. The topological polar surface area (TPSA) is 22.3 Å². The van der Waals surface area contributed by atoms with Crippen molar-refractivity contribution in [1.29, 1.82) is 0 Å². The molecule has 1 fully saturated rings. The van der Waals surface area contributed by atoms with Gasteiger partial charge in [0.25, 0.3) is 0 Å². The maximum atomic E-state index is 5.95. The Kier molecular flexibility index (Phi) is 10.1. The zero-order chi connectivity index (χ0) is 17.7. The Morgan fingerprint density at radius 1 is 0.840 bits per heavy atom. The van der Waals surface area contributed by atoms with E-state index in [1.165, 1.54) is 64.2 Å². The van der Waals surface area contributed by atoms with E-state index < -0.39 is 0 Å². The van der Waals surface area contributed by atoms with E-state index in [1.807, 2.05) is 0 Å². The van der Waals surface area contributed by atoms with Crippen LogP contribution in [0.3, 0.4) is 0 Å². The molecule has 1 aliphatic heterocycles. The Labute approximate surface area is 154 Å². The van der Waals surface area contributed by atoms with E-state index in [1.54, 1.807) is 0 Å². The van der Waals surface area contributed by atoms with Crippen LogP contribution in [0.1, 0.15) is 89.9 Å². The Morgan fingerprint density at radius 2 is 1.40 bits per heavy atom. The van der Waals surface area contributed by atoms with Crippen LogP contribution in [0.25, 0.3) is 0 Å². The molecule has 25 heavy (non-hydrogen) atoms. The molecule has 0 spiro atoms. The van der Waals surface area contributed by atoms with Crippen LogP contribution in [0.5, 0.6) is 0 Å². The maximum absolute atomic E-state index is 5.95. The van der Waals surface area contributed by atoms with Gasteiger partial charge in [0.15, 0.2) is 18.7 Å². The molecule has 2 rings (SSSR count). The van der Waals surface area contributed by atoms with Gasteiger partial charge < -0.3 is 9.47 Å². The van der Waals surface area contributed by atoms with Crippen molar-refractivity contribution in [2.45, 2.75) is 90.9 Å². The predicted octanol–water partition coefficient (Wildman–Crippen LogP) is 5.58. The van der Waals surface area contributed by atoms with Crippen LogP contribution < -0.4 is 4.57 Å². The van der Waals surface area contributed by atoms with Gasteiger partial charge in [-0.05, 0) is 13.3 Å². The number of aromatic nitrogens is 1. The quantitative estimate of drug-likeness (QED) is 0.363. The lowest BCUT2D eigenvalue weighted by molar-refractivity contribution is -0.693. The molecule has 0 aliphatic carbocycles. The van der Waals surface area contributed by atoms with Crippen LogP contribution in [0.2, 0.25) is 0 Å². The number of hydrogen-bond donors (Lipinski definition) is 0. The third-order valence-electron chi connectivity index (χ3n) is 5.24.